The minimum absolute atomic E-state index is 0. The number of nitrogens with one attached hydrogen (secondary N) is 1. The molecule has 3 aromatic carbocycles. The summed E-state index contributed by atoms with van der Waals surface area (Å²) in [6.45, 7) is 7.29. The smallest absolute Gasteiger partial charge is 0.229 e. The van der Waals surface area contributed by atoms with Gasteiger partial charge >= 0.3 is 0 Å². The van der Waals surface area contributed by atoms with Crippen molar-refractivity contribution in [2.45, 2.75) is 24.0 Å². The molecule has 0 amide bonds. The molecular weight excluding hydrogens is 645 g/mol. The van der Waals surface area contributed by atoms with Crippen LogP contribution in [0.5, 0.6) is 5.75 Å². The van der Waals surface area contributed by atoms with Gasteiger partial charge < -0.3 is 25.7 Å². The Labute approximate surface area is 278 Å². The van der Waals surface area contributed by atoms with Crippen molar-refractivity contribution >= 4 is 81.1 Å². The van der Waals surface area contributed by atoms with E-state index in [1.54, 1.807) is 39.2 Å². The molecule has 3 N–H and O–H groups in total. The maximum atomic E-state index is 13.1. The number of nitrogen functional groups attached to an aromatic ring is 1. The van der Waals surface area contributed by atoms with Crippen molar-refractivity contribution in [3.8, 4) is 16.9 Å². The van der Waals surface area contributed by atoms with E-state index in [9.17, 15) is 8.42 Å². The Kier molecular flexibility index (Phi) is 12.9. The van der Waals surface area contributed by atoms with Crippen LogP contribution < -0.4 is 20.8 Å². The molecule has 1 aliphatic heterocycles. The molecule has 10 nitrogen and oxygen atoms in total. The molecule has 1 fully saturated rings. The van der Waals surface area contributed by atoms with Gasteiger partial charge in [-0.15, -0.1) is 37.2 Å². The largest absolute Gasteiger partial charge is 0.494 e. The average Bonchev–Trinajstić information content (AvgIpc) is 2.97. The SMILES string of the molecule is COc1cc(N(C)N2CCN(C)CC2)ccc1Nc1nc(N)c2c(-c3ccccc3S(=O)(=O)C(C)C)cccc2n1.Cl.Cl.Cl. The highest BCUT2D eigenvalue weighted by atomic mass is 35.5. The van der Waals surface area contributed by atoms with Crippen molar-refractivity contribution in [1.29, 1.82) is 0 Å². The van der Waals surface area contributed by atoms with Crippen LogP contribution >= 0.6 is 37.2 Å². The zero-order valence-corrected chi connectivity index (χ0v) is 28.6. The maximum absolute atomic E-state index is 13.1. The molecule has 0 bridgehead atoms. The van der Waals surface area contributed by atoms with E-state index in [0.717, 1.165) is 31.9 Å². The molecule has 2 heterocycles. The molecule has 0 spiro atoms. The fourth-order valence-corrected chi connectivity index (χ4v) is 6.31. The summed E-state index contributed by atoms with van der Waals surface area (Å²) in [7, 11) is 2.30. The minimum Gasteiger partial charge on any atom is -0.494 e. The first-order valence-electron chi connectivity index (χ1n) is 13.6. The molecule has 44 heavy (non-hydrogen) atoms. The number of benzene rings is 3. The van der Waals surface area contributed by atoms with Gasteiger partial charge in [0, 0.05) is 44.9 Å². The van der Waals surface area contributed by atoms with Crippen molar-refractivity contribution in [2.24, 2.45) is 0 Å². The van der Waals surface area contributed by atoms with E-state index in [-0.39, 0.29) is 47.9 Å². The highest BCUT2D eigenvalue weighted by molar-refractivity contribution is 7.92. The number of aromatic nitrogens is 2. The Balaban J connectivity index is 0.00000225. The van der Waals surface area contributed by atoms with Crippen molar-refractivity contribution < 1.29 is 13.2 Å². The van der Waals surface area contributed by atoms with Gasteiger partial charge in [-0.3, -0.25) is 0 Å². The summed E-state index contributed by atoms with van der Waals surface area (Å²) < 4.78 is 32.0. The third-order valence-corrected chi connectivity index (χ3v) is 9.78. The Morgan fingerprint density at radius 1 is 0.932 bits per heavy atom. The van der Waals surface area contributed by atoms with Crippen molar-refractivity contribution in [2.75, 3.05) is 63.4 Å². The van der Waals surface area contributed by atoms with E-state index in [4.69, 9.17) is 15.5 Å². The predicted octanol–water partition coefficient (Wildman–Crippen LogP) is 5.68. The van der Waals surface area contributed by atoms with Gasteiger partial charge in [-0.2, -0.15) is 4.98 Å². The summed E-state index contributed by atoms with van der Waals surface area (Å²) in [4.78, 5) is 11.9. The highest BCUT2D eigenvalue weighted by Crippen LogP contribution is 2.37. The predicted molar refractivity (Wildman–Crippen MR) is 187 cm³/mol. The summed E-state index contributed by atoms with van der Waals surface area (Å²) in [6.07, 6.45) is 0. The first-order chi connectivity index (χ1) is 19.6. The number of likely N-dealkylation sites (N-methyl/N-ethyl adjacent to an activating group) is 1. The number of nitrogens with zero attached hydrogens (tertiary/aromatic N) is 5. The normalized spacial score (nSPS) is 13.9. The van der Waals surface area contributed by atoms with Crippen molar-refractivity contribution in [3.05, 3.63) is 60.7 Å². The van der Waals surface area contributed by atoms with Gasteiger partial charge in [-0.25, -0.2) is 18.4 Å². The molecule has 14 heteroatoms. The number of fused-ring (bicyclic) bond motifs is 1. The number of piperazine rings is 1. The summed E-state index contributed by atoms with van der Waals surface area (Å²) in [5.41, 5.74) is 10.1. The van der Waals surface area contributed by atoms with Crippen LogP contribution in [0.25, 0.3) is 22.0 Å². The van der Waals surface area contributed by atoms with Crippen LogP contribution in [0, 0.1) is 0 Å². The van der Waals surface area contributed by atoms with Crippen molar-refractivity contribution in [1.82, 2.24) is 19.9 Å². The van der Waals surface area contributed by atoms with Crippen LogP contribution in [0.4, 0.5) is 23.1 Å². The zero-order chi connectivity index (χ0) is 29.3. The van der Waals surface area contributed by atoms with E-state index in [2.05, 4.69) is 39.3 Å². The number of nitrogens with two attached hydrogens (primary N) is 1. The second kappa shape index (κ2) is 15.3. The van der Waals surface area contributed by atoms with Gasteiger partial charge in [0.2, 0.25) is 5.95 Å². The number of hydrogen-bond acceptors (Lipinski definition) is 10. The van der Waals surface area contributed by atoms with Gasteiger partial charge in [0.05, 0.1) is 39.5 Å². The number of sulfone groups is 1. The summed E-state index contributed by atoms with van der Waals surface area (Å²) in [5.74, 6) is 1.20. The number of hydrazine groups is 1. The van der Waals surface area contributed by atoms with Gasteiger partial charge in [0.1, 0.15) is 11.6 Å². The molecule has 0 unspecified atom stereocenters. The number of rotatable bonds is 8. The molecule has 0 aliphatic carbocycles. The number of anilines is 4. The number of methoxy groups -OCH3 is 1. The molecule has 0 radical (unpaired) electrons. The van der Waals surface area contributed by atoms with E-state index in [1.807, 2.05) is 42.5 Å². The number of ether oxygens (including phenoxy) is 1. The number of halogens is 3. The molecule has 1 aromatic heterocycles. The fourth-order valence-electron chi connectivity index (χ4n) is 5.05. The Morgan fingerprint density at radius 2 is 1.59 bits per heavy atom. The maximum Gasteiger partial charge on any atom is 0.229 e. The molecule has 4 aromatic rings. The first kappa shape index (κ1) is 37.1. The fraction of sp³-hybridized carbons (Fsp3) is 0.333. The number of hydrogen-bond donors (Lipinski definition) is 2. The second-order valence-electron chi connectivity index (χ2n) is 10.5. The van der Waals surface area contributed by atoms with Crippen LogP contribution in [0.2, 0.25) is 0 Å². The van der Waals surface area contributed by atoms with Crippen molar-refractivity contribution in [3.63, 3.8) is 0 Å². The molecule has 5 rings (SSSR count). The Hall–Kier alpha value is -3.06. The van der Waals surface area contributed by atoms with Gasteiger partial charge in [0.15, 0.2) is 9.84 Å². The van der Waals surface area contributed by atoms with Crippen LogP contribution in [0.1, 0.15) is 13.8 Å². The van der Waals surface area contributed by atoms with Gasteiger partial charge in [-0.05, 0) is 50.7 Å². The monoisotopic (exact) mass is 683 g/mol. The van der Waals surface area contributed by atoms with E-state index < -0.39 is 15.1 Å². The lowest BCUT2D eigenvalue weighted by Crippen LogP contribution is -2.51. The third-order valence-electron chi connectivity index (χ3n) is 7.56. The molecule has 1 saturated heterocycles. The second-order valence-corrected chi connectivity index (χ2v) is 13.0. The lowest BCUT2D eigenvalue weighted by molar-refractivity contribution is 0.148. The van der Waals surface area contributed by atoms with Crippen LogP contribution in [-0.4, -0.2) is 80.9 Å². The van der Waals surface area contributed by atoms with E-state index in [1.165, 1.54) is 0 Å². The van der Waals surface area contributed by atoms with Crippen LogP contribution in [-0.2, 0) is 9.84 Å². The van der Waals surface area contributed by atoms with E-state index >= 15 is 0 Å². The topological polar surface area (TPSA) is 117 Å². The molecule has 1 aliphatic rings. The standard InChI is InChI=1S/C30H37N7O3S.3ClH/c1-20(2)41(38,39)27-12-7-6-9-22(27)23-10-8-11-25-28(23)29(31)34-30(33-25)32-24-14-13-21(19-26(24)40-5)36(4)37-17-15-35(3)16-18-37;;;/h6-14,19-20H,15-18H2,1-5H3,(H3,31,32,33,34);3*1H. The molecule has 0 saturated carbocycles. The summed E-state index contributed by atoms with van der Waals surface area (Å²) >= 11 is 0. The lowest BCUT2D eigenvalue weighted by Gasteiger charge is -2.39. The van der Waals surface area contributed by atoms with Crippen LogP contribution in [0.15, 0.2) is 65.6 Å². The Morgan fingerprint density at radius 3 is 2.25 bits per heavy atom. The zero-order valence-electron chi connectivity index (χ0n) is 25.4. The molecular formula is C30H40Cl3N7O3S. The minimum atomic E-state index is -3.53. The Bertz CT molecular complexity index is 1680. The quantitative estimate of drug-likeness (QED) is 0.240. The summed E-state index contributed by atoms with van der Waals surface area (Å²) in [6, 6.07) is 18.5. The third kappa shape index (κ3) is 7.42. The average molecular weight is 685 g/mol. The highest BCUT2D eigenvalue weighted by Gasteiger charge is 2.25. The molecule has 240 valence electrons. The first-order valence-corrected chi connectivity index (χ1v) is 15.2. The summed E-state index contributed by atoms with van der Waals surface area (Å²) in [5, 5.41) is 7.76. The van der Waals surface area contributed by atoms with Gasteiger partial charge in [0.25, 0.3) is 0 Å². The van der Waals surface area contributed by atoms with Gasteiger partial charge in [-0.1, -0.05) is 30.3 Å². The lowest BCUT2D eigenvalue weighted by atomic mass is 10.0. The van der Waals surface area contributed by atoms with E-state index in [0.29, 0.717) is 39.4 Å². The molecule has 0 atom stereocenters. The van der Waals surface area contributed by atoms with Crippen LogP contribution in [0.3, 0.4) is 0 Å².